The Morgan fingerprint density at radius 3 is 2.80 bits per heavy atom. The predicted octanol–water partition coefficient (Wildman–Crippen LogP) is 3.36. The first-order chi connectivity index (χ1) is 12.0. The topological polar surface area (TPSA) is 54.2 Å². The fourth-order valence-electron chi connectivity index (χ4n) is 2.69. The molecule has 0 saturated carbocycles. The molecule has 0 spiro atoms. The number of nitrogens with one attached hydrogen (secondary N) is 2. The van der Waals surface area contributed by atoms with Crippen LogP contribution in [0.15, 0.2) is 47.7 Å². The Balaban J connectivity index is 1.73. The average molecular weight is 362 g/mol. The molecule has 0 atom stereocenters. The van der Waals surface area contributed by atoms with Crippen molar-refractivity contribution in [3.8, 4) is 0 Å². The lowest BCUT2D eigenvalue weighted by atomic mass is 9.86. The van der Waals surface area contributed by atoms with E-state index >= 15 is 0 Å². The number of benzene rings is 1. The van der Waals surface area contributed by atoms with E-state index in [0.717, 1.165) is 43.5 Å². The molecule has 25 heavy (non-hydrogen) atoms. The first-order valence-electron chi connectivity index (χ1n) is 8.65. The molecule has 0 saturated heterocycles. The highest BCUT2D eigenvalue weighted by Crippen LogP contribution is 2.22. The summed E-state index contributed by atoms with van der Waals surface area (Å²) in [6.45, 7) is 7.07. The molecule has 0 radical (unpaired) electrons. The number of aryl methyl sites for hydroxylation is 1. The van der Waals surface area contributed by atoms with Crippen molar-refractivity contribution in [2.75, 3.05) is 20.1 Å². The molecule has 0 unspecified atom stereocenters. The Labute approximate surface area is 155 Å². The lowest BCUT2D eigenvalue weighted by Gasteiger charge is -2.26. The fraction of sp³-hybridized carbons (Fsp3) is 0.474. The predicted molar refractivity (Wildman–Crippen MR) is 105 cm³/mol. The highest BCUT2D eigenvalue weighted by atomic mass is 35.5. The summed E-state index contributed by atoms with van der Waals surface area (Å²) in [5, 5.41) is 11.8. The van der Waals surface area contributed by atoms with Crippen LogP contribution in [0.5, 0.6) is 0 Å². The first-order valence-corrected chi connectivity index (χ1v) is 9.03. The molecular weight excluding hydrogens is 334 g/mol. The molecule has 2 N–H and O–H groups in total. The highest BCUT2D eigenvalue weighted by molar-refractivity contribution is 6.30. The molecule has 0 bridgehead atoms. The number of nitrogens with zero attached hydrogens (tertiary/aromatic N) is 3. The van der Waals surface area contributed by atoms with Crippen LogP contribution in [-0.2, 0) is 13.0 Å². The van der Waals surface area contributed by atoms with Crippen molar-refractivity contribution in [1.82, 2.24) is 20.4 Å². The normalized spacial score (nSPS) is 12.2. The van der Waals surface area contributed by atoms with E-state index in [-0.39, 0.29) is 5.41 Å². The van der Waals surface area contributed by atoms with Crippen LogP contribution in [0.1, 0.15) is 25.8 Å². The largest absolute Gasteiger partial charge is 0.356 e. The van der Waals surface area contributed by atoms with Gasteiger partial charge in [-0.25, -0.2) is 0 Å². The van der Waals surface area contributed by atoms with Crippen molar-refractivity contribution in [3.63, 3.8) is 0 Å². The van der Waals surface area contributed by atoms with E-state index < -0.39 is 0 Å². The molecule has 6 heteroatoms. The molecule has 1 heterocycles. The van der Waals surface area contributed by atoms with E-state index in [0.29, 0.717) is 0 Å². The smallest absolute Gasteiger partial charge is 0.190 e. The number of aliphatic imine (C=N–C) groups is 1. The van der Waals surface area contributed by atoms with Gasteiger partial charge in [-0.1, -0.05) is 37.6 Å². The van der Waals surface area contributed by atoms with Crippen molar-refractivity contribution in [3.05, 3.63) is 53.3 Å². The summed E-state index contributed by atoms with van der Waals surface area (Å²) in [7, 11) is 1.80. The van der Waals surface area contributed by atoms with Crippen molar-refractivity contribution in [2.24, 2.45) is 10.4 Å². The minimum Gasteiger partial charge on any atom is -0.356 e. The fourth-order valence-corrected chi connectivity index (χ4v) is 2.90. The van der Waals surface area contributed by atoms with Gasteiger partial charge >= 0.3 is 0 Å². The molecule has 0 aliphatic carbocycles. The number of aromatic nitrogens is 2. The molecule has 0 fully saturated rings. The van der Waals surface area contributed by atoms with Gasteiger partial charge in [0, 0.05) is 44.1 Å². The summed E-state index contributed by atoms with van der Waals surface area (Å²) < 4.78 is 1.94. The number of halogens is 1. The molecule has 1 aromatic carbocycles. The van der Waals surface area contributed by atoms with Crippen LogP contribution in [0.2, 0.25) is 5.02 Å². The number of guanidine groups is 1. The second-order valence-corrected chi connectivity index (χ2v) is 7.38. The van der Waals surface area contributed by atoms with E-state index in [9.17, 15) is 0 Å². The second kappa shape index (κ2) is 9.47. The van der Waals surface area contributed by atoms with Crippen molar-refractivity contribution in [1.29, 1.82) is 0 Å². The van der Waals surface area contributed by atoms with Gasteiger partial charge in [0.2, 0.25) is 0 Å². The Kier molecular flexibility index (Phi) is 7.31. The number of hydrogen-bond acceptors (Lipinski definition) is 2. The van der Waals surface area contributed by atoms with Gasteiger partial charge in [0.25, 0.3) is 0 Å². The van der Waals surface area contributed by atoms with Crippen LogP contribution in [-0.4, -0.2) is 35.9 Å². The molecule has 0 aliphatic heterocycles. The number of rotatable bonds is 8. The Morgan fingerprint density at radius 1 is 1.28 bits per heavy atom. The first kappa shape index (κ1) is 19.3. The van der Waals surface area contributed by atoms with Crippen LogP contribution in [0.4, 0.5) is 0 Å². The minimum absolute atomic E-state index is 0.0946. The van der Waals surface area contributed by atoms with Gasteiger partial charge in [-0.15, -0.1) is 0 Å². The Bertz CT molecular complexity index is 664. The lowest BCUT2D eigenvalue weighted by molar-refractivity contribution is 0.359. The molecule has 5 nitrogen and oxygen atoms in total. The maximum absolute atomic E-state index is 6.08. The summed E-state index contributed by atoms with van der Waals surface area (Å²) in [5.41, 5.74) is 1.35. The quantitative estimate of drug-likeness (QED) is 0.430. The Morgan fingerprint density at radius 2 is 2.12 bits per heavy atom. The summed E-state index contributed by atoms with van der Waals surface area (Å²) in [6.07, 6.45) is 5.73. The van der Waals surface area contributed by atoms with Crippen molar-refractivity contribution < 1.29 is 0 Å². The van der Waals surface area contributed by atoms with Crippen LogP contribution in [0.3, 0.4) is 0 Å². The van der Waals surface area contributed by atoms with Gasteiger partial charge in [0.1, 0.15) is 0 Å². The van der Waals surface area contributed by atoms with Crippen LogP contribution < -0.4 is 10.6 Å². The summed E-state index contributed by atoms with van der Waals surface area (Å²) in [6, 6.07) is 10.0. The minimum atomic E-state index is 0.0946. The van der Waals surface area contributed by atoms with E-state index in [2.05, 4.69) is 40.6 Å². The van der Waals surface area contributed by atoms with Gasteiger partial charge in [-0.3, -0.25) is 9.67 Å². The van der Waals surface area contributed by atoms with E-state index in [1.165, 1.54) is 5.56 Å². The summed E-state index contributed by atoms with van der Waals surface area (Å²) in [5.74, 6) is 0.833. The van der Waals surface area contributed by atoms with Gasteiger partial charge in [0.05, 0.1) is 0 Å². The zero-order valence-electron chi connectivity index (χ0n) is 15.3. The van der Waals surface area contributed by atoms with Gasteiger partial charge in [0.15, 0.2) is 5.96 Å². The highest BCUT2D eigenvalue weighted by Gasteiger charge is 2.19. The Hall–Kier alpha value is -2.01. The van der Waals surface area contributed by atoms with Crippen molar-refractivity contribution >= 4 is 17.6 Å². The van der Waals surface area contributed by atoms with Gasteiger partial charge < -0.3 is 10.6 Å². The van der Waals surface area contributed by atoms with Crippen molar-refractivity contribution in [2.45, 2.75) is 33.2 Å². The average Bonchev–Trinajstić information content (AvgIpc) is 3.07. The van der Waals surface area contributed by atoms with Crippen LogP contribution in [0, 0.1) is 5.41 Å². The van der Waals surface area contributed by atoms with Crippen LogP contribution in [0.25, 0.3) is 0 Å². The lowest BCUT2D eigenvalue weighted by Crippen LogP contribution is -2.43. The third-order valence-corrected chi connectivity index (χ3v) is 4.18. The van der Waals surface area contributed by atoms with E-state index in [1.54, 1.807) is 13.2 Å². The third-order valence-electron chi connectivity index (χ3n) is 3.95. The standard InChI is InChI=1S/C19H28ClN5/c1-19(2,14-16-7-4-8-17(20)13-16)15-23-18(21-3)22-9-5-11-25-12-6-10-24-25/h4,6-8,10,12-13H,5,9,11,14-15H2,1-3H3,(H2,21,22,23). The molecule has 1 aromatic heterocycles. The van der Waals surface area contributed by atoms with E-state index in [1.807, 2.05) is 35.1 Å². The SMILES string of the molecule is CN=C(NCCCn1cccn1)NCC(C)(C)Cc1cccc(Cl)c1. The molecule has 0 aliphatic rings. The zero-order chi connectivity index (χ0) is 18.1. The number of hydrogen-bond donors (Lipinski definition) is 2. The maximum atomic E-state index is 6.08. The third kappa shape index (κ3) is 7.18. The summed E-state index contributed by atoms with van der Waals surface area (Å²) >= 11 is 6.08. The summed E-state index contributed by atoms with van der Waals surface area (Å²) in [4.78, 5) is 4.30. The monoisotopic (exact) mass is 361 g/mol. The second-order valence-electron chi connectivity index (χ2n) is 6.95. The molecular formula is C19H28ClN5. The molecule has 2 rings (SSSR count). The van der Waals surface area contributed by atoms with E-state index in [4.69, 9.17) is 11.6 Å². The molecule has 2 aromatic rings. The zero-order valence-corrected chi connectivity index (χ0v) is 16.1. The molecule has 0 amide bonds. The molecule has 136 valence electrons. The van der Waals surface area contributed by atoms with Gasteiger partial charge in [-0.2, -0.15) is 5.10 Å². The maximum Gasteiger partial charge on any atom is 0.190 e. The van der Waals surface area contributed by atoms with Gasteiger partial charge in [-0.05, 0) is 42.0 Å². The van der Waals surface area contributed by atoms with Crippen LogP contribution >= 0.6 is 11.6 Å².